The van der Waals surface area contributed by atoms with Gasteiger partial charge in [0.05, 0.1) is 18.1 Å². The average molecular weight is 236 g/mol. The summed E-state index contributed by atoms with van der Waals surface area (Å²) in [5, 5.41) is 0. The van der Waals surface area contributed by atoms with Crippen molar-refractivity contribution < 1.29 is 9.59 Å². The molecule has 2 rings (SSSR count). The Morgan fingerprint density at radius 3 is 2.25 bits per heavy atom. The minimum absolute atomic E-state index is 0.113. The zero-order valence-electron chi connectivity index (χ0n) is 8.68. The van der Waals surface area contributed by atoms with Crippen LogP contribution in [0.4, 0.5) is 5.69 Å². The smallest absolute Gasteiger partial charge is 0.239 e. The summed E-state index contributed by atoms with van der Waals surface area (Å²) in [7, 11) is 0. The average Bonchev–Trinajstić information content (AvgIpc) is 2.26. The van der Waals surface area contributed by atoms with Crippen LogP contribution in [0.5, 0.6) is 0 Å². The van der Waals surface area contributed by atoms with E-state index in [9.17, 15) is 9.59 Å². The third-order valence-electron chi connectivity index (χ3n) is 2.37. The summed E-state index contributed by atoms with van der Waals surface area (Å²) in [6.07, 6.45) is 0. The number of nitrogens with zero attached hydrogens (tertiary/aromatic N) is 1. The molecule has 4 nitrogen and oxygen atoms in total. The molecule has 1 saturated heterocycles. The van der Waals surface area contributed by atoms with Crippen LogP contribution in [0.25, 0.3) is 0 Å². The number of thioether (sulfide) groups is 1. The maximum absolute atomic E-state index is 11.5. The van der Waals surface area contributed by atoms with Gasteiger partial charge < -0.3 is 5.73 Å². The summed E-state index contributed by atoms with van der Waals surface area (Å²) in [6.45, 7) is 0.346. The van der Waals surface area contributed by atoms with E-state index < -0.39 is 0 Å². The van der Waals surface area contributed by atoms with Gasteiger partial charge in [0.25, 0.3) is 0 Å². The number of carbonyl (C=O) groups is 2. The van der Waals surface area contributed by atoms with Crippen LogP contribution < -0.4 is 5.73 Å². The number of amides is 2. The predicted molar refractivity (Wildman–Crippen MR) is 63.7 cm³/mol. The fourth-order valence-corrected chi connectivity index (χ4v) is 2.27. The minimum atomic E-state index is -0.113. The minimum Gasteiger partial charge on any atom is -0.399 e. The van der Waals surface area contributed by atoms with Crippen molar-refractivity contribution in [3.05, 3.63) is 29.8 Å². The Bertz CT molecular complexity index is 400. The van der Waals surface area contributed by atoms with Gasteiger partial charge in [-0.15, -0.1) is 11.8 Å². The van der Waals surface area contributed by atoms with Crippen LogP contribution in [0, 0.1) is 0 Å². The molecule has 0 radical (unpaired) electrons. The predicted octanol–water partition coefficient (Wildman–Crippen LogP) is 0.871. The first-order chi connectivity index (χ1) is 7.66. The third-order valence-corrected chi connectivity index (χ3v) is 3.28. The Morgan fingerprint density at radius 2 is 1.69 bits per heavy atom. The number of hydrogen-bond acceptors (Lipinski definition) is 4. The lowest BCUT2D eigenvalue weighted by atomic mass is 10.2. The maximum Gasteiger partial charge on any atom is 0.239 e. The van der Waals surface area contributed by atoms with Gasteiger partial charge in [0.2, 0.25) is 11.8 Å². The van der Waals surface area contributed by atoms with Crippen molar-refractivity contribution in [2.75, 3.05) is 17.2 Å². The summed E-state index contributed by atoms with van der Waals surface area (Å²) in [6, 6.07) is 7.20. The molecular weight excluding hydrogens is 224 g/mol. The van der Waals surface area contributed by atoms with E-state index in [2.05, 4.69) is 0 Å². The normalized spacial score (nSPS) is 16.6. The molecule has 0 atom stereocenters. The number of hydrogen-bond donors (Lipinski definition) is 1. The highest BCUT2D eigenvalue weighted by Crippen LogP contribution is 2.16. The van der Waals surface area contributed by atoms with Crippen molar-refractivity contribution in [2.45, 2.75) is 6.54 Å². The molecule has 1 heterocycles. The lowest BCUT2D eigenvalue weighted by Crippen LogP contribution is -2.42. The summed E-state index contributed by atoms with van der Waals surface area (Å²) >= 11 is 1.37. The van der Waals surface area contributed by atoms with Crippen molar-refractivity contribution in [2.24, 2.45) is 0 Å². The summed E-state index contributed by atoms with van der Waals surface area (Å²) in [5.41, 5.74) is 7.16. The van der Waals surface area contributed by atoms with Gasteiger partial charge in [-0.05, 0) is 17.7 Å². The lowest BCUT2D eigenvalue weighted by molar-refractivity contribution is -0.142. The number of anilines is 1. The Labute approximate surface area is 97.8 Å². The third kappa shape index (κ3) is 2.36. The van der Waals surface area contributed by atoms with Gasteiger partial charge >= 0.3 is 0 Å². The monoisotopic (exact) mass is 236 g/mol. The molecule has 2 amide bonds. The molecule has 16 heavy (non-hydrogen) atoms. The molecule has 1 aromatic rings. The van der Waals surface area contributed by atoms with Gasteiger partial charge in [-0.3, -0.25) is 14.5 Å². The Hall–Kier alpha value is -1.49. The van der Waals surface area contributed by atoms with Crippen molar-refractivity contribution in [3.63, 3.8) is 0 Å². The van der Waals surface area contributed by atoms with Gasteiger partial charge in [0.1, 0.15) is 0 Å². The lowest BCUT2D eigenvalue weighted by Gasteiger charge is -2.24. The fraction of sp³-hybridized carbons (Fsp3) is 0.273. The molecule has 1 aliphatic heterocycles. The molecule has 0 unspecified atom stereocenters. The standard InChI is InChI=1S/C11H12N2O2S/c12-9-3-1-8(2-4-9)5-13-10(14)6-16-7-11(13)15/h1-4H,5-7,12H2. The molecular formula is C11H12N2O2S. The number of benzene rings is 1. The van der Waals surface area contributed by atoms with Gasteiger partial charge in [-0.2, -0.15) is 0 Å². The summed E-state index contributed by atoms with van der Waals surface area (Å²) in [5.74, 6) is 0.553. The van der Waals surface area contributed by atoms with Gasteiger partial charge in [-0.1, -0.05) is 12.1 Å². The molecule has 0 saturated carbocycles. The van der Waals surface area contributed by atoms with Crippen molar-refractivity contribution >= 4 is 29.3 Å². The molecule has 1 aromatic carbocycles. The quantitative estimate of drug-likeness (QED) is 0.611. The Balaban J connectivity index is 2.10. The first-order valence-electron chi connectivity index (χ1n) is 4.92. The molecule has 0 aliphatic carbocycles. The van der Waals surface area contributed by atoms with E-state index in [1.54, 1.807) is 12.1 Å². The van der Waals surface area contributed by atoms with Gasteiger partial charge in [0, 0.05) is 5.69 Å². The highest BCUT2D eigenvalue weighted by atomic mass is 32.2. The summed E-state index contributed by atoms with van der Waals surface area (Å²) in [4.78, 5) is 24.4. The van der Waals surface area contributed by atoms with E-state index in [1.807, 2.05) is 12.1 Å². The molecule has 0 bridgehead atoms. The Kier molecular flexibility index (Phi) is 3.14. The van der Waals surface area contributed by atoms with Crippen LogP contribution >= 0.6 is 11.8 Å². The Morgan fingerprint density at radius 1 is 1.12 bits per heavy atom. The molecule has 0 aromatic heterocycles. The molecule has 0 spiro atoms. The molecule has 84 valence electrons. The van der Waals surface area contributed by atoms with E-state index in [0.29, 0.717) is 23.7 Å². The van der Waals surface area contributed by atoms with Crippen molar-refractivity contribution in [1.82, 2.24) is 4.90 Å². The van der Waals surface area contributed by atoms with Crippen LogP contribution in [0.15, 0.2) is 24.3 Å². The first kappa shape index (κ1) is 11.0. The fourth-order valence-electron chi connectivity index (χ4n) is 1.50. The van der Waals surface area contributed by atoms with E-state index >= 15 is 0 Å². The van der Waals surface area contributed by atoms with Crippen LogP contribution in [0.1, 0.15) is 5.56 Å². The van der Waals surface area contributed by atoms with Crippen molar-refractivity contribution in [3.8, 4) is 0 Å². The zero-order chi connectivity index (χ0) is 11.5. The molecule has 1 fully saturated rings. The zero-order valence-corrected chi connectivity index (χ0v) is 9.50. The van der Waals surface area contributed by atoms with Crippen LogP contribution in [-0.4, -0.2) is 28.2 Å². The molecule has 1 aliphatic rings. The molecule has 2 N–H and O–H groups in total. The molecule has 5 heteroatoms. The van der Waals surface area contributed by atoms with E-state index in [1.165, 1.54) is 16.7 Å². The summed E-state index contributed by atoms with van der Waals surface area (Å²) < 4.78 is 0. The van der Waals surface area contributed by atoms with Crippen molar-refractivity contribution in [1.29, 1.82) is 0 Å². The number of imide groups is 1. The second-order valence-electron chi connectivity index (χ2n) is 3.61. The van der Waals surface area contributed by atoms with Crippen LogP contribution in [0.3, 0.4) is 0 Å². The second-order valence-corrected chi connectivity index (χ2v) is 4.59. The van der Waals surface area contributed by atoms with Gasteiger partial charge in [0.15, 0.2) is 0 Å². The number of nitrogen functional groups attached to an aromatic ring is 1. The van der Waals surface area contributed by atoms with Crippen LogP contribution in [-0.2, 0) is 16.1 Å². The van der Waals surface area contributed by atoms with Crippen LogP contribution in [0.2, 0.25) is 0 Å². The largest absolute Gasteiger partial charge is 0.399 e. The van der Waals surface area contributed by atoms with Gasteiger partial charge in [-0.25, -0.2) is 0 Å². The topological polar surface area (TPSA) is 63.4 Å². The number of carbonyl (C=O) groups excluding carboxylic acids is 2. The van der Waals surface area contributed by atoms with E-state index in [4.69, 9.17) is 5.73 Å². The maximum atomic E-state index is 11.5. The first-order valence-corrected chi connectivity index (χ1v) is 6.07. The SMILES string of the molecule is Nc1ccc(CN2C(=O)CSCC2=O)cc1. The van der Waals surface area contributed by atoms with E-state index in [0.717, 1.165) is 5.56 Å². The second kappa shape index (κ2) is 4.57. The number of rotatable bonds is 2. The number of nitrogens with two attached hydrogens (primary N) is 1. The van der Waals surface area contributed by atoms with E-state index in [-0.39, 0.29) is 11.8 Å². The highest BCUT2D eigenvalue weighted by molar-refractivity contribution is 8.00. The highest BCUT2D eigenvalue weighted by Gasteiger charge is 2.26.